The number of hydrogen-bond acceptors (Lipinski definition) is 2. The van der Waals surface area contributed by atoms with Gasteiger partial charge in [0.1, 0.15) is 5.75 Å². The zero-order chi connectivity index (χ0) is 15.2. The molecule has 0 unspecified atom stereocenters. The molecule has 0 aromatic heterocycles. The first-order valence-corrected chi connectivity index (χ1v) is 7.79. The maximum Gasteiger partial charge on any atom is 0.122 e. The van der Waals surface area contributed by atoms with Crippen LogP contribution in [-0.2, 0) is 0 Å². The van der Waals surface area contributed by atoms with Gasteiger partial charge < -0.3 is 10.5 Å². The molecule has 0 aliphatic carbocycles. The average molecular weight is 277 g/mol. The fourth-order valence-electron chi connectivity index (χ4n) is 2.23. The van der Waals surface area contributed by atoms with Crippen LogP contribution in [0.2, 0.25) is 0 Å². The van der Waals surface area contributed by atoms with E-state index in [1.807, 2.05) is 0 Å². The second-order valence-electron chi connectivity index (χ2n) is 6.87. The zero-order valence-corrected chi connectivity index (χ0v) is 13.8. The summed E-state index contributed by atoms with van der Waals surface area (Å²) in [4.78, 5) is 0. The largest absolute Gasteiger partial charge is 0.493 e. The lowest BCUT2D eigenvalue weighted by atomic mass is 9.87. The summed E-state index contributed by atoms with van der Waals surface area (Å²) in [6.45, 7) is 12.5. The molecule has 0 amide bonds. The molecule has 0 atom stereocenters. The van der Waals surface area contributed by atoms with Gasteiger partial charge in [0.05, 0.1) is 6.61 Å². The highest BCUT2D eigenvalue weighted by molar-refractivity contribution is 5.39. The Morgan fingerprint density at radius 1 is 1.20 bits per heavy atom. The fourth-order valence-corrected chi connectivity index (χ4v) is 2.23. The van der Waals surface area contributed by atoms with E-state index >= 15 is 0 Å². The molecule has 1 rings (SSSR count). The molecular formula is C18H31NO. The summed E-state index contributed by atoms with van der Waals surface area (Å²) < 4.78 is 6.00. The number of ether oxygens (including phenoxy) is 1. The van der Waals surface area contributed by atoms with Gasteiger partial charge in [-0.05, 0) is 61.3 Å². The number of aryl methyl sites for hydroxylation is 1. The van der Waals surface area contributed by atoms with E-state index in [9.17, 15) is 0 Å². The third kappa shape index (κ3) is 5.54. The van der Waals surface area contributed by atoms with Gasteiger partial charge in [0.15, 0.2) is 0 Å². The van der Waals surface area contributed by atoms with Crippen molar-refractivity contribution in [2.75, 3.05) is 13.2 Å². The van der Waals surface area contributed by atoms with E-state index in [4.69, 9.17) is 10.5 Å². The van der Waals surface area contributed by atoms with E-state index in [0.29, 0.717) is 5.92 Å². The Hall–Kier alpha value is -1.02. The normalized spacial score (nSPS) is 11.9. The van der Waals surface area contributed by atoms with Crippen molar-refractivity contribution < 1.29 is 4.74 Å². The minimum atomic E-state index is 0.256. The molecule has 0 heterocycles. The molecule has 114 valence electrons. The van der Waals surface area contributed by atoms with E-state index in [2.05, 4.69) is 52.8 Å². The molecule has 1 aromatic rings. The zero-order valence-electron chi connectivity index (χ0n) is 13.8. The summed E-state index contributed by atoms with van der Waals surface area (Å²) >= 11 is 0. The third-order valence-electron chi connectivity index (χ3n) is 3.85. The number of rotatable bonds is 8. The summed E-state index contributed by atoms with van der Waals surface area (Å²) in [6, 6.07) is 6.50. The van der Waals surface area contributed by atoms with Crippen LogP contribution in [0.3, 0.4) is 0 Å². The van der Waals surface area contributed by atoms with E-state index < -0.39 is 0 Å². The topological polar surface area (TPSA) is 35.2 Å². The van der Waals surface area contributed by atoms with Gasteiger partial charge in [0.25, 0.3) is 0 Å². The lowest BCUT2D eigenvalue weighted by Gasteiger charge is -2.22. The van der Waals surface area contributed by atoms with Gasteiger partial charge >= 0.3 is 0 Å². The monoisotopic (exact) mass is 277 g/mol. The van der Waals surface area contributed by atoms with Crippen LogP contribution in [0.4, 0.5) is 0 Å². The Morgan fingerprint density at radius 3 is 2.50 bits per heavy atom. The van der Waals surface area contributed by atoms with E-state index in [-0.39, 0.29) is 5.41 Å². The first-order chi connectivity index (χ1) is 9.35. The van der Waals surface area contributed by atoms with Crippen molar-refractivity contribution in [3.63, 3.8) is 0 Å². The maximum atomic E-state index is 6.00. The standard InChI is InChI=1S/C18H31NO/c1-14(2)16-9-8-15(3)12-17(16)20-11-7-6-10-18(4,5)13-19/h8-9,12,14H,6-7,10-11,13,19H2,1-5H3. The molecule has 0 aliphatic heterocycles. The number of hydrogen-bond donors (Lipinski definition) is 1. The van der Waals surface area contributed by atoms with Gasteiger partial charge in [-0.15, -0.1) is 0 Å². The smallest absolute Gasteiger partial charge is 0.122 e. The van der Waals surface area contributed by atoms with Gasteiger partial charge in [-0.3, -0.25) is 0 Å². The van der Waals surface area contributed by atoms with Crippen LogP contribution in [0.25, 0.3) is 0 Å². The van der Waals surface area contributed by atoms with E-state index in [1.165, 1.54) is 17.5 Å². The molecule has 2 nitrogen and oxygen atoms in total. The van der Waals surface area contributed by atoms with Gasteiger partial charge in [-0.25, -0.2) is 0 Å². The number of benzene rings is 1. The third-order valence-corrected chi connectivity index (χ3v) is 3.85. The van der Waals surface area contributed by atoms with Gasteiger partial charge in [0.2, 0.25) is 0 Å². The van der Waals surface area contributed by atoms with Crippen LogP contribution in [0.5, 0.6) is 5.75 Å². The number of unbranched alkanes of at least 4 members (excludes halogenated alkanes) is 1. The predicted octanol–water partition coefficient (Wildman–Crippen LogP) is 4.65. The molecule has 0 radical (unpaired) electrons. The summed E-state index contributed by atoms with van der Waals surface area (Å²) in [5.74, 6) is 1.56. The Bertz CT molecular complexity index is 410. The van der Waals surface area contributed by atoms with Crippen LogP contribution < -0.4 is 10.5 Å². The van der Waals surface area contributed by atoms with Crippen LogP contribution in [0.15, 0.2) is 18.2 Å². The molecule has 2 heteroatoms. The van der Waals surface area contributed by atoms with Crippen LogP contribution in [0, 0.1) is 12.3 Å². The first-order valence-electron chi connectivity index (χ1n) is 7.79. The maximum absolute atomic E-state index is 6.00. The molecular weight excluding hydrogens is 246 g/mol. The van der Waals surface area contributed by atoms with Gasteiger partial charge in [-0.1, -0.05) is 39.8 Å². The predicted molar refractivity (Wildman–Crippen MR) is 87.4 cm³/mol. The molecule has 0 saturated carbocycles. The van der Waals surface area contributed by atoms with Crippen molar-refractivity contribution in [2.45, 2.75) is 59.8 Å². The molecule has 0 spiro atoms. The van der Waals surface area contributed by atoms with Crippen molar-refractivity contribution in [1.82, 2.24) is 0 Å². The SMILES string of the molecule is Cc1ccc(C(C)C)c(OCCCCC(C)(C)CN)c1. The molecule has 0 bridgehead atoms. The van der Waals surface area contributed by atoms with Crippen molar-refractivity contribution in [1.29, 1.82) is 0 Å². The van der Waals surface area contributed by atoms with E-state index in [1.54, 1.807) is 0 Å². The van der Waals surface area contributed by atoms with Crippen molar-refractivity contribution >= 4 is 0 Å². The molecule has 0 fully saturated rings. The molecule has 0 aliphatic rings. The molecule has 0 saturated heterocycles. The Balaban J connectivity index is 2.44. The second-order valence-corrected chi connectivity index (χ2v) is 6.87. The van der Waals surface area contributed by atoms with Gasteiger partial charge in [-0.2, -0.15) is 0 Å². The summed E-state index contributed by atoms with van der Waals surface area (Å²) in [6.07, 6.45) is 3.43. The van der Waals surface area contributed by atoms with Crippen molar-refractivity contribution in [3.05, 3.63) is 29.3 Å². The Kier molecular flexibility index (Phi) is 6.54. The van der Waals surface area contributed by atoms with E-state index in [0.717, 1.165) is 31.7 Å². The molecule has 1 aromatic carbocycles. The first kappa shape index (κ1) is 17.0. The minimum absolute atomic E-state index is 0.256. The highest BCUT2D eigenvalue weighted by Gasteiger charge is 2.14. The molecule has 2 N–H and O–H groups in total. The number of nitrogens with two attached hydrogens (primary N) is 1. The summed E-state index contributed by atoms with van der Waals surface area (Å²) in [7, 11) is 0. The summed E-state index contributed by atoms with van der Waals surface area (Å²) in [5.41, 5.74) is 8.57. The summed E-state index contributed by atoms with van der Waals surface area (Å²) in [5, 5.41) is 0. The quantitative estimate of drug-likeness (QED) is 0.702. The van der Waals surface area contributed by atoms with Crippen molar-refractivity contribution in [2.24, 2.45) is 11.1 Å². The van der Waals surface area contributed by atoms with Crippen molar-refractivity contribution in [3.8, 4) is 5.75 Å². The van der Waals surface area contributed by atoms with Crippen LogP contribution >= 0.6 is 0 Å². The van der Waals surface area contributed by atoms with Crippen LogP contribution in [0.1, 0.15) is 64.0 Å². The Labute approximate surface area is 124 Å². The lowest BCUT2D eigenvalue weighted by molar-refractivity contribution is 0.276. The minimum Gasteiger partial charge on any atom is -0.493 e. The van der Waals surface area contributed by atoms with Crippen LogP contribution in [-0.4, -0.2) is 13.2 Å². The Morgan fingerprint density at radius 2 is 1.90 bits per heavy atom. The highest BCUT2D eigenvalue weighted by Crippen LogP contribution is 2.28. The lowest BCUT2D eigenvalue weighted by Crippen LogP contribution is -2.23. The average Bonchev–Trinajstić information content (AvgIpc) is 2.38. The fraction of sp³-hybridized carbons (Fsp3) is 0.667. The highest BCUT2D eigenvalue weighted by atomic mass is 16.5. The second kappa shape index (κ2) is 7.68. The van der Waals surface area contributed by atoms with Gasteiger partial charge in [0, 0.05) is 0 Å². The molecule has 20 heavy (non-hydrogen) atoms.